The summed E-state index contributed by atoms with van der Waals surface area (Å²) in [6.45, 7) is 0. The minimum absolute atomic E-state index is 0. The van der Waals surface area contributed by atoms with E-state index in [9.17, 15) is 0 Å². The zero-order chi connectivity index (χ0) is 29.5. The van der Waals surface area contributed by atoms with Crippen molar-refractivity contribution >= 4 is 55.9 Å². The molecule has 0 bridgehead atoms. The summed E-state index contributed by atoms with van der Waals surface area (Å²) in [5, 5.41) is 0. The normalized spacial score (nSPS) is 11.7. The summed E-state index contributed by atoms with van der Waals surface area (Å²) in [6.07, 6.45) is 3.60. The maximum atomic E-state index is 6.40. The Hall–Kier alpha value is -5.79. The molecule has 10 heteroatoms. The molecular weight excluding hydrogens is 756 g/mol. The molecule has 6 heterocycles. The van der Waals surface area contributed by atoms with E-state index in [1.165, 1.54) is 0 Å². The molecule has 0 saturated heterocycles. The number of nitrogens with zero attached hydrogens (tertiary/aromatic N) is 8. The molecule has 0 radical (unpaired) electrons. The minimum atomic E-state index is 0. The Labute approximate surface area is 275 Å². The van der Waals surface area contributed by atoms with Crippen LogP contribution in [0, 0.1) is 12.1 Å². The van der Waals surface area contributed by atoms with Crippen LogP contribution in [0.15, 0.2) is 122 Å². The molecule has 9 nitrogen and oxygen atoms in total. The molecule has 0 aliphatic heterocycles. The molecule has 46 heavy (non-hydrogen) atoms. The molecule has 0 aliphatic rings. The van der Waals surface area contributed by atoms with Crippen LogP contribution >= 0.6 is 0 Å². The van der Waals surface area contributed by atoms with Gasteiger partial charge in [-0.3, -0.25) is 8.80 Å². The van der Waals surface area contributed by atoms with Gasteiger partial charge in [0.1, 0.15) is 0 Å². The van der Waals surface area contributed by atoms with Crippen molar-refractivity contribution < 1.29 is 25.8 Å². The van der Waals surface area contributed by atoms with Gasteiger partial charge in [-0.1, -0.05) is 35.6 Å². The van der Waals surface area contributed by atoms with E-state index in [1.807, 2.05) is 97.1 Å². The van der Waals surface area contributed by atoms with E-state index in [4.69, 9.17) is 24.7 Å². The van der Waals surface area contributed by atoms with Crippen LogP contribution in [0.2, 0.25) is 0 Å². The Morgan fingerprint density at radius 1 is 0.478 bits per heavy atom. The smallest absolute Gasteiger partial charge is 0.509 e. The van der Waals surface area contributed by atoms with Crippen molar-refractivity contribution in [1.82, 2.24) is 37.9 Å². The molecule has 220 valence electrons. The van der Waals surface area contributed by atoms with Gasteiger partial charge < -0.3 is 13.9 Å². The van der Waals surface area contributed by atoms with Gasteiger partial charge in [0.25, 0.3) is 0 Å². The second-order valence-electron chi connectivity index (χ2n) is 10.7. The van der Waals surface area contributed by atoms with Gasteiger partial charge in [0, 0.05) is 23.9 Å². The Morgan fingerprint density at radius 3 is 1.43 bits per heavy atom. The summed E-state index contributed by atoms with van der Waals surface area (Å²) in [4.78, 5) is 19.3. The maximum Gasteiger partial charge on any atom is 2.00 e. The van der Waals surface area contributed by atoms with Crippen molar-refractivity contribution in [3.05, 3.63) is 134 Å². The van der Waals surface area contributed by atoms with Crippen LogP contribution in [0.1, 0.15) is 0 Å². The molecule has 0 unspecified atom stereocenters. The first-order valence-corrected chi connectivity index (χ1v) is 14.5. The SMILES string of the molecule is [Pt+2].[c-]1c(Oc2[c-]c(-n3c4cccnc4n4c5ccccc5nc34)ccc2)cccc1-n1c2cccnc2n2c3ccccc3nc12. The molecule has 0 aliphatic carbocycles. The van der Waals surface area contributed by atoms with Gasteiger partial charge in [-0.15, -0.1) is 36.4 Å². The van der Waals surface area contributed by atoms with E-state index < -0.39 is 0 Å². The van der Waals surface area contributed by atoms with E-state index in [0.29, 0.717) is 11.5 Å². The van der Waals surface area contributed by atoms with Crippen LogP contribution in [0.5, 0.6) is 11.5 Å². The van der Waals surface area contributed by atoms with Crippen LogP contribution in [0.4, 0.5) is 0 Å². The predicted octanol–water partition coefficient (Wildman–Crippen LogP) is 7.36. The van der Waals surface area contributed by atoms with Crippen LogP contribution in [-0.2, 0) is 21.1 Å². The average molecular weight is 776 g/mol. The second-order valence-corrected chi connectivity index (χ2v) is 10.7. The number of hydrogen-bond acceptors (Lipinski definition) is 5. The number of pyridine rings is 2. The molecule has 0 N–H and O–H groups in total. The Bertz CT molecular complexity index is 2580. The molecule has 0 fully saturated rings. The number of fused-ring (bicyclic) bond motifs is 10. The Kier molecular flexibility index (Phi) is 5.85. The van der Waals surface area contributed by atoms with Crippen molar-refractivity contribution in [3.8, 4) is 22.9 Å². The summed E-state index contributed by atoms with van der Waals surface area (Å²) in [7, 11) is 0. The largest absolute Gasteiger partial charge is 2.00 e. The van der Waals surface area contributed by atoms with Crippen molar-refractivity contribution in [2.24, 2.45) is 0 Å². The topological polar surface area (TPSA) is 79.5 Å². The number of rotatable bonds is 4. The number of benzene rings is 4. The van der Waals surface area contributed by atoms with Crippen molar-refractivity contribution in [1.29, 1.82) is 0 Å². The van der Waals surface area contributed by atoms with Gasteiger partial charge in [0.15, 0.2) is 11.3 Å². The predicted molar refractivity (Wildman–Crippen MR) is 172 cm³/mol. The fourth-order valence-corrected chi connectivity index (χ4v) is 6.28. The van der Waals surface area contributed by atoms with Crippen LogP contribution < -0.4 is 4.74 Å². The Balaban J connectivity index is 0.00000292. The molecule has 4 aromatic carbocycles. The minimum Gasteiger partial charge on any atom is -0.509 e. The third-order valence-electron chi connectivity index (χ3n) is 8.13. The van der Waals surface area contributed by atoms with Gasteiger partial charge in [-0.2, -0.15) is 12.1 Å². The van der Waals surface area contributed by atoms with Crippen LogP contribution in [0.25, 0.3) is 67.3 Å². The fourth-order valence-electron chi connectivity index (χ4n) is 6.28. The summed E-state index contributed by atoms with van der Waals surface area (Å²) in [5.74, 6) is 2.63. The summed E-state index contributed by atoms with van der Waals surface area (Å²) in [6, 6.07) is 42.7. The molecule has 6 aromatic heterocycles. The van der Waals surface area contributed by atoms with Gasteiger partial charge in [0.05, 0.1) is 33.1 Å². The summed E-state index contributed by atoms with van der Waals surface area (Å²) >= 11 is 0. The quantitative estimate of drug-likeness (QED) is 0.175. The maximum absolute atomic E-state index is 6.40. The van der Waals surface area contributed by atoms with E-state index in [1.54, 1.807) is 12.4 Å². The van der Waals surface area contributed by atoms with E-state index in [-0.39, 0.29) is 21.1 Å². The Morgan fingerprint density at radius 2 is 0.935 bits per heavy atom. The van der Waals surface area contributed by atoms with Crippen molar-refractivity contribution in [3.63, 3.8) is 0 Å². The molecule has 0 amide bonds. The van der Waals surface area contributed by atoms with Gasteiger partial charge in [-0.25, -0.2) is 19.9 Å². The second kappa shape index (κ2) is 10.1. The van der Waals surface area contributed by atoms with Gasteiger partial charge in [-0.05, 0) is 48.5 Å². The third kappa shape index (κ3) is 3.79. The van der Waals surface area contributed by atoms with E-state index in [0.717, 1.165) is 67.3 Å². The molecule has 10 rings (SSSR count). The van der Waals surface area contributed by atoms with Gasteiger partial charge >= 0.3 is 21.1 Å². The number of aromatic nitrogens is 8. The summed E-state index contributed by atoms with van der Waals surface area (Å²) < 4.78 is 14.7. The first-order chi connectivity index (χ1) is 22.3. The standard InChI is InChI=1S/C36H20N8O.Pt/c1-3-15-29-27(13-1)39-35-41(31-17-7-19-37-33(31)43(29)35)23-9-5-11-25(21-23)45-26-12-6-10-24(22-26)42-32-18-8-20-38-34(32)44-30-16-4-2-14-28(30)40-36(42)44;/h1-20H;/q-2;+2. The number of para-hydroxylation sites is 4. The number of hydrogen-bond donors (Lipinski definition) is 0. The van der Waals surface area contributed by atoms with Crippen molar-refractivity contribution in [2.45, 2.75) is 0 Å². The summed E-state index contributed by atoms with van der Waals surface area (Å²) in [5.41, 5.74) is 8.90. The third-order valence-corrected chi connectivity index (χ3v) is 8.13. The van der Waals surface area contributed by atoms with Crippen molar-refractivity contribution in [2.75, 3.05) is 0 Å². The zero-order valence-electron chi connectivity index (χ0n) is 23.8. The molecule has 0 saturated carbocycles. The molecule has 10 aromatic rings. The van der Waals surface area contributed by atoms with Gasteiger partial charge in [0.2, 0.25) is 11.6 Å². The molecule has 0 spiro atoms. The molecule has 0 atom stereocenters. The van der Waals surface area contributed by atoms with E-state index >= 15 is 0 Å². The fraction of sp³-hybridized carbons (Fsp3) is 0. The van der Waals surface area contributed by atoms with Crippen LogP contribution in [0.3, 0.4) is 0 Å². The van der Waals surface area contributed by atoms with Crippen LogP contribution in [-0.4, -0.2) is 37.9 Å². The monoisotopic (exact) mass is 775 g/mol. The number of ether oxygens (including phenoxy) is 1. The van der Waals surface area contributed by atoms with E-state index in [2.05, 4.69) is 42.2 Å². The zero-order valence-corrected chi connectivity index (χ0v) is 26.1. The first kappa shape index (κ1) is 26.6. The molecular formula is C36H20N8OPt. The number of imidazole rings is 4. The first-order valence-electron chi connectivity index (χ1n) is 14.5. The average Bonchev–Trinajstić information content (AvgIpc) is 3.81.